The standard InChI is InChI=1S/C14H17ClN2O3/c1-10-8-17(12-4-2-3-11(15)7-12)13(18)9-16(10)6-5-14(19)20/h2-4,7,10H,5-6,8-9H2,1H3,(H,19,20). The van der Waals surface area contributed by atoms with Crippen molar-refractivity contribution in [2.45, 2.75) is 19.4 Å². The van der Waals surface area contributed by atoms with Gasteiger partial charge in [0, 0.05) is 29.8 Å². The maximum Gasteiger partial charge on any atom is 0.304 e. The third kappa shape index (κ3) is 3.49. The summed E-state index contributed by atoms with van der Waals surface area (Å²) in [6.07, 6.45) is 0.0504. The lowest BCUT2D eigenvalue weighted by molar-refractivity contribution is -0.138. The van der Waals surface area contributed by atoms with Gasteiger partial charge in [-0.2, -0.15) is 0 Å². The molecule has 1 saturated heterocycles. The van der Waals surface area contributed by atoms with Crippen molar-refractivity contribution in [3.05, 3.63) is 29.3 Å². The lowest BCUT2D eigenvalue weighted by Gasteiger charge is -2.39. The number of benzene rings is 1. The van der Waals surface area contributed by atoms with Gasteiger partial charge in [-0.05, 0) is 25.1 Å². The van der Waals surface area contributed by atoms with Crippen molar-refractivity contribution in [3.8, 4) is 0 Å². The number of carbonyl (C=O) groups is 2. The fourth-order valence-corrected chi connectivity index (χ4v) is 2.51. The molecule has 1 N–H and O–H groups in total. The molecule has 108 valence electrons. The first-order valence-electron chi connectivity index (χ1n) is 6.49. The van der Waals surface area contributed by atoms with Crippen LogP contribution in [0.2, 0.25) is 5.02 Å². The first-order chi connectivity index (χ1) is 9.47. The van der Waals surface area contributed by atoms with Crippen LogP contribution in [0.1, 0.15) is 13.3 Å². The van der Waals surface area contributed by atoms with E-state index in [9.17, 15) is 9.59 Å². The van der Waals surface area contributed by atoms with Crippen LogP contribution in [0.4, 0.5) is 5.69 Å². The van der Waals surface area contributed by atoms with Gasteiger partial charge in [-0.1, -0.05) is 17.7 Å². The van der Waals surface area contributed by atoms with Crippen molar-refractivity contribution in [3.63, 3.8) is 0 Å². The van der Waals surface area contributed by atoms with Crippen LogP contribution in [0.15, 0.2) is 24.3 Å². The minimum atomic E-state index is -0.845. The Balaban J connectivity index is 2.06. The van der Waals surface area contributed by atoms with Crippen molar-refractivity contribution in [1.29, 1.82) is 0 Å². The summed E-state index contributed by atoms with van der Waals surface area (Å²) in [5, 5.41) is 9.31. The second-order valence-corrected chi connectivity index (χ2v) is 5.38. The molecule has 1 aromatic carbocycles. The van der Waals surface area contributed by atoms with Crippen molar-refractivity contribution < 1.29 is 14.7 Å². The molecule has 1 aromatic rings. The van der Waals surface area contributed by atoms with Crippen molar-refractivity contribution in [2.75, 3.05) is 24.5 Å². The molecule has 1 atom stereocenters. The van der Waals surface area contributed by atoms with E-state index in [0.717, 1.165) is 5.69 Å². The van der Waals surface area contributed by atoms with E-state index in [1.54, 1.807) is 17.0 Å². The van der Waals surface area contributed by atoms with Crippen molar-refractivity contribution >= 4 is 29.2 Å². The van der Waals surface area contributed by atoms with Gasteiger partial charge in [0.25, 0.3) is 0 Å². The number of halogens is 1. The van der Waals surface area contributed by atoms with Gasteiger partial charge < -0.3 is 10.0 Å². The molecule has 6 heteroatoms. The molecule has 20 heavy (non-hydrogen) atoms. The van der Waals surface area contributed by atoms with Gasteiger partial charge in [0.15, 0.2) is 0 Å². The third-order valence-electron chi connectivity index (χ3n) is 3.44. The second kappa shape index (κ2) is 6.24. The van der Waals surface area contributed by atoms with Crippen molar-refractivity contribution in [1.82, 2.24) is 4.90 Å². The monoisotopic (exact) mass is 296 g/mol. The molecule has 0 spiro atoms. The van der Waals surface area contributed by atoms with Crippen LogP contribution in [0.25, 0.3) is 0 Å². The molecule has 0 aromatic heterocycles. The summed E-state index contributed by atoms with van der Waals surface area (Å²) in [6.45, 7) is 3.16. The van der Waals surface area contributed by atoms with Crippen LogP contribution in [-0.2, 0) is 9.59 Å². The minimum absolute atomic E-state index is 0.0317. The summed E-state index contributed by atoms with van der Waals surface area (Å²) in [7, 11) is 0. The molecule has 1 aliphatic heterocycles. The number of anilines is 1. The van der Waals surface area contributed by atoms with Gasteiger partial charge in [0.1, 0.15) is 0 Å². The first-order valence-corrected chi connectivity index (χ1v) is 6.87. The maximum atomic E-state index is 12.2. The molecular weight excluding hydrogens is 280 g/mol. The molecule has 0 bridgehead atoms. The molecule has 2 rings (SSSR count). The Morgan fingerprint density at radius 2 is 2.25 bits per heavy atom. The smallest absolute Gasteiger partial charge is 0.304 e. The quantitative estimate of drug-likeness (QED) is 0.921. The Hall–Kier alpha value is -1.59. The largest absolute Gasteiger partial charge is 0.481 e. The first kappa shape index (κ1) is 14.8. The number of hydrogen-bond acceptors (Lipinski definition) is 3. The van der Waals surface area contributed by atoms with E-state index in [0.29, 0.717) is 18.1 Å². The van der Waals surface area contributed by atoms with Gasteiger partial charge in [-0.25, -0.2) is 0 Å². The molecule has 0 aliphatic carbocycles. The fourth-order valence-electron chi connectivity index (χ4n) is 2.33. The van der Waals surface area contributed by atoms with Crippen molar-refractivity contribution in [2.24, 2.45) is 0 Å². The summed E-state index contributed by atoms with van der Waals surface area (Å²) >= 11 is 5.95. The lowest BCUT2D eigenvalue weighted by Crippen LogP contribution is -2.55. The molecule has 1 amide bonds. The highest BCUT2D eigenvalue weighted by Gasteiger charge is 2.30. The van der Waals surface area contributed by atoms with Crippen LogP contribution in [0, 0.1) is 0 Å². The number of carbonyl (C=O) groups excluding carboxylic acids is 1. The van der Waals surface area contributed by atoms with Crippen LogP contribution < -0.4 is 4.90 Å². The van der Waals surface area contributed by atoms with E-state index < -0.39 is 5.97 Å². The van der Waals surface area contributed by atoms with E-state index in [1.165, 1.54) is 0 Å². The molecule has 0 radical (unpaired) electrons. The molecular formula is C14H17ClN2O3. The van der Waals surface area contributed by atoms with E-state index >= 15 is 0 Å². The number of piperazine rings is 1. The summed E-state index contributed by atoms with van der Waals surface area (Å²) in [5.74, 6) is -0.877. The van der Waals surface area contributed by atoms with Crippen LogP contribution >= 0.6 is 11.6 Å². The van der Waals surface area contributed by atoms with Gasteiger partial charge in [0.05, 0.1) is 13.0 Å². The number of carboxylic acid groups (broad SMARTS) is 1. The third-order valence-corrected chi connectivity index (χ3v) is 3.68. The number of carboxylic acids is 1. The van der Waals surface area contributed by atoms with E-state index in [4.69, 9.17) is 16.7 Å². The number of nitrogens with zero attached hydrogens (tertiary/aromatic N) is 2. The summed E-state index contributed by atoms with van der Waals surface area (Å²) < 4.78 is 0. The second-order valence-electron chi connectivity index (χ2n) is 4.95. The Morgan fingerprint density at radius 3 is 2.90 bits per heavy atom. The van der Waals surface area contributed by atoms with Gasteiger partial charge in [0.2, 0.25) is 5.91 Å². The van der Waals surface area contributed by atoms with E-state index in [2.05, 4.69) is 0 Å². The Kier molecular flexibility index (Phi) is 4.62. The average Bonchev–Trinajstić information content (AvgIpc) is 2.39. The maximum absolute atomic E-state index is 12.2. The fraction of sp³-hybridized carbons (Fsp3) is 0.429. The predicted molar refractivity (Wildman–Crippen MR) is 77.1 cm³/mol. The zero-order valence-corrected chi connectivity index (χ0v) is 12.0. The van der Waals surface area contributed by atoms with E-state index in [1.807, 2.05) is 24.0 Å². The van der Waals surface area contributed by atoms with Gasteiger partial charge >= 0.3 is 5.97 Å². The summed E-state index contributed by atoms with van der Waals surface area (Å²) in [5.41, 5.74) is 0.784. The molecule has 1 aliphatic rings. The molecule has 5 nitrogen and oxygen atoms in total. The highest BCUT2D eigenvalue weighted by atomic mass is 35.5. The zero-order valence-electron chi connectivity index (χ0n) is 11.3. The van der Waals surface area contributed by atoms with Gasteiger partial charge in [-0.3, -0.25) is 14.5 Å². The summed E-state index contributed by atoms with van der Waals surface area (Å²) in [6, 6.07) is 7.31. The lowest BCUT2D eigenvalue weighted by atomic mass is 10.1. The molecule has 1 unspecified atom stereocenters. The normalized spacial score (nSPS) is 20.2. The van der Waals surface area contributed by atoms with Crippen LogP contribution in [0.5, 0.6) is 0 Å². The Labute approximate surface area is 122 Å². The molecule has 1 heterocycles. The van der Waals surface area contributed by atoms with Gasteiger partial charge in [-0.15, -0.1) is 0 Å². The zero-order chi connectivity index (χ0) is 14.7. The Bertz CT molecular complexity index is 521. The molecule has 1 fully saturated rings. The minimum Gasteiger partial charge on any atom is -0.481 e. The number of amides is 1. The number of rotatable bonds is 4. The topological polar surface area (TPSA) is 60.9 Å². The number of aliphatic carboxylic acids is 1. The van der Waals surface area contributed by atoms with E-state index in [-0.39, 0.29) is 24.9 Å². The van der Waals surface area contributed by atoms with Crippen LogP contribution in [0.3, 0.4) is 0 Å². The molecule has 0 saturated carbocycles. The predicted octanol–water partition coefficient (Wildman–Crippen LogP) is 1.85. The SMILES string of the molecule is CC1CN(c2cccc(Cl)c2)C(=O)CN1CCC(=O)O. The highest BCUT2D eigenvalue weighted by Crippen LogP contribution is 2.23. The highest BCUT2D eigenvalue weighted by molar-refractivity contribution is 6.30. The Morgan fingerprint density at radius 1 is 1.50 bits per heavy atom. The summed E-state index contributed by atoms with van der Waals surface area (Å²) in [4.78, 5) is 26.4. The average molecular weight is 297 g/mol. The number of hydrogen-bond donors (Lipinski definition) is 1. The van der Waals surface area contributed by atoms with Crippen LogP contribution in [-0.4, -0.2) is 47.6 Å².